The molecule has 0 aromatic heterocycles. The average Bonchev–Trinajstić information content (AvgIpc) is 2.11. The van der Waals surface area contributed by atoms with Crippen LogP contribution in [0.4, 0.5) is 13.2 Å². The molecule has 5 heteroatoms. The number of benzene rings is 1. The first-order chi connectivity index (χ1) is 6.07. The van der Waals surface area contributed by atoms with Crippen LogP contribution in [0.1, 0.15) is 5.56 Å². The Morgan fingerprint density at radius 1 is 1.23 bits per heavy atom. The van der Waals surface area contributed by atoms with Crippen LogP contribution >= 0.6 is 11.6 Å². The second-order valence-corrected chi connectivity index (χ2v) is 2.88. The summed E-state index contributed by atoms with van der Waals surface area (Å²) < 4.78 is 38.3. The van der Waals surface area contributed by atoms with Gasteiger partial charge in [0.15, 0.2) is 11.6 Å². The van der Waals surface area contributed by atoms with Crippen molar-refractivity contribution in [1.29, 1.82) is 0 Å². The molecule has 0 unspecified atom stereocenters. The predicted molar refractivity (Wildman–Crippen MR) is 44.1 cm³/mol. The second-order valence-electron chi connectivity index (χ2n) is 2.50. The van der Waals surface area contributed by atoms with Gasteiger partial charge in [-0.2, -0.15) is 0 Å². The van der Waals surface area contributed by atoms with Crippen LogP contribution in [-0.4, -0.2) is 6.54 Å². The van der Waals surface area contributed by atoms with E-state index in [-0.39, 0.29) is 18.5 Å². The van der Waals surface area contributed by atoms with Crippen LogP contribution in [0.5, 0.6) is 0 Å². The summed E-state index contributed by atoms with van der Waals surface area (Å²) in [7, 11) is 0. The Hall–Kier alpha value is -0.740. The molecule has 0 aliphatic rings. The van der Waals surface area contributed by atoms with Crippen molar-refractivity contribution < 1.29 is 13.2 Å². The minimum absolute atomic E-state index is 0.00796. The molecular formula is C8H7ClF3N. The van der Waals surface area contributed by atoms with Crippen molar-refractivity contribution in [2.45, 2.75) is 6.42 Å². The SMILES string of the molecule is NCCc1cc(F)c(F)c(Cl)c1F. The van der Waals surface area contributed by atoms with Gasteiger partial charge in [0, 0.05) is 0 Å². The fraction of sp³-hybridized carbons (Fsp3) is 0.250. The molecule has 2 N–H and O–H groups in total. The van der Waals surface area contributed by atoms with Crippen molar-refractivity contribution in [1.82, 2.24) is 0 Å². The molecule has 0 atom stereocenters. The zero-order chi connectivity index (χ0) is 10.0. The van der Waals surface area contributed by atoms with E-state index in [4.69, 9.17) is 17.3 Å². The Kier molecular flexibility index (Phi) is 3.17. The molecule has 0 saturated carbocycles. The lowest BCUT2D eigenvalue weighted by Gasteiger charge is -2.04. The van der Waals surface area contributed by atoms with E-state index >= 15 is 0 Å². The zero-order valence-corrected chi connectivity index (χ0v) is 7.34. The third kappa shape index (κ3) is 1.95. The molecule has 0 amide bonds. The summed E-state index contributed by atoms with van der Waals surface area (Å²) in [6, 6.07) is 0.767. The lowest BCUT2D eigenvalue weighted by atomic mass is 10.1. The summed E-state index contributed by atoms with van der Waals surface area (Å²) in [6.45, 7) is 0.151. The van der Waals surface area contributed by atoms with Gasteiger partial charge in [0.25, 0.3) is 0 Å². The van der Waals surface area contributed by atoms with E-state index in [1.54, 1.807) is 0 Å². The van der Waals surface area contributed by atoms with Gasteiger partial charge in [-0.05, 0) is 24.6 Å². The normalized spacial score (nSPS) is 10.5. The van der Waals surface area contributed by atoms with Crippen molar-refractivity contribution >= 4 is 11.6 Å². The Labute approximate surface area is 78.3 Å². The van der Waals surface area contributed by atoms with E-state index in [1.165, 1.54) is 0 Å². The first-order valence-electron chi connectivity index (χ1n) is 3.60. The van der Waals surface area contributed by atoms with E-state index in [2.05, 4.69) is 0 Å². The molecule has 13 heavy (non-hydrogen) atoms. The molecule has 72 valence electrons. The molecule has 1 aromatic rings. The predicted octanol–water partition coefficient (Wildman–Crippen LogP) is 2.26. The van der Waals surface area contributed by atoms with Gasteiger partial charge in [-0.3, -0.25) is 0 Å². The Morgan fingerprint density at radius 3 is 2.38 bits per heavy atom. The molecule has 0 aliphatic heterocycles. The highest BCUT2D eigenvalue weighted by atomic mass is 35.5. The van der Waals surface area contributed by atoms with Crippen molar-refractivity contribution in [3.63, 3.8) is 0 Å². The van der Waals surface area contributed by atoms with Gasteiger partial charge in [0.05, 0.1) is 0 Å². The summed E-state index contributed by atoms with van der Waals surface area (Å²) in [5.74, 6) is -3.46. The molecule has 1 aromatic carbocycles. The molecule has 0 fully saturated rings. The first kappa shape index (κ1) is 10.3. The highest BCUT2D eigenvalue weighted by Crippen LogP contribution is 2.24. The van der Waals surface area contributed by atoms with Crippen LogP contribution in [0.25, 0.3) is 0 Å². The summed E-state index contributed by atoms with van der Waals surface area (Å²) in [6.07, 6.45) is 0.128. The largest absolute Gasteiger partial charge is 0.330 e. The first-order valence-corrected chi connectivity index (χ1v) is 3.97. The van der Waals surface area contributed by atoms with E-state index in [0.29, 0.717) is 0 Å². The number of rotatable bonds is 2. The lowest BCUT2D eigenvalue weighted by molar-refractivity contribution is 0.490. The highest BCUT2D eigenvalue weighted by molar-refractivity contribution is 6.31. The van der Waals surface area contributed by atoms with Crippen molar-refractivity contribution in [3.8, 4) is 0 Å². The van der Waals surface area contributed by atoms with Gasteiger partial charge < -0.3 is 5.73 Å². The fourth-order valence-corrected chi connectivity index (χ4v) is 1.17. The van der Waals surface area contributed by atoms with Gasteiger partial charge in [-0.1, -0.05) is 11.6 Å². The van der Waals surface area contributed by atoms with Crippen molar-refractivity contribution in [2.75, 3.05) is 6.54 Å². The summed E-state index contributed by atoms with van der Waals surface area (Å²) in [5.41, 5.74) is 5.13. The van der Waals surface area contributed by atoms with Crippen LogP contribution in [0, 0.1) is 17.5 Å². The third-order valence-corrected chi connectivity index (χ3v) is 1.92. The summed E-state index contributed by atoms with van der Waals surface area (Å²) >= 11 is 5.19. The summed E-state index contributed by atoms with van der Waals surface area (Å²) in [4.78, 5) is 0. The van der Waals surface area contributed by atoms with Gasteiger partial charge in [-0.15, -0.1) is 0 Å². The summed E-state index contributed by atoms with van der Waals surface area (Å²) in [5, 5.41) is -0.816. The van der Waals surface area contributed by atoms with E-state index < -0.39 is 22.5 Å². The Bertz CT molecular complexity index is 328. The minimum atomic E-state index is -1.36. The van der Waals surface area contributed by atoms with Crippen LogP contribution in [0.3, 0.4) is 0 Å². The molecule has 0 bridgehead atoms. The van der Waals surface area contributed by atoms with Crippen LogP contribution in [-0.2, 0) is 6.42 Å². The maximum absolute atomic E-state index is 13.0. The van der Waals surface area contributed by atoms with E-state index in [1.807, 2.05) is 0 Å². The van der Waals surface area contributed by atoms with Crippen LogP contribution < -0.4 is 5.73 Å². The molecule has 0 radical (unpaired) electrons. The number of hydrogen-bond donors (Lipinski definition) is 1. The second kappa shape index (κ2) is 3.98. The maximum atomic E-state index is 13.0. The number of nitrogens with two attached hydrogens (primary N) is 1. The fourth-order valence-electron chi connectivity index (χ4n) is 0.959. The molecule has 0 spiro atoms. The lowest BCUT2D eigenvalue weighted by Crippen LogP contribution is -2.06. The molecular weight excluding hydrogens is 203 g/mol. The van der Waals surface area contributed by atoms with E-state index in [0.717, 1.165) is 6.07 Å². The van der Waals surface area contributed by atoms with Gasteiger partial charge in [0.2, 0.25) is 0 Å². The smallest absolute Gasteiger partial charge is 0.180 e. The monoisotopic (exact) mass is 209 g/mol. The number of hydrogen-bond acceptors (Lipinski definition) is 1. The van der Waals surface area contributed by atoms with Crippen molar-refractivity contribution in [3.05, 3.63) is 34.1 Å². The van der Waals surface area contributed by atoms with Crippen LogP contribution in [0.2, 0.25) is 5.02 Å². The Balaban J connectivity index is 3.24. The number of halogens is 4. The quantitative estimate of drug-likeness (QED) is 0.587. The molecule has 1 nitrogen and oxygen atoms in total. The van der Waals surface area contributed by atoms with Gasteiger partial charge in [-0.25, -0.2) is 13.2 Å². The zero-order valence-electron chi connectivity index (χ0n) is 6.58. The molecule has 0 saturated heterocycles. The standard InChI is InChI=1S/C8H7ClF3N/c9-6-7(11)4(1-2-13)3-5(10)8(6)12/h3H,1-2,13H2. The molecule has 0 heterocycles. The van der Waals surface area contributed by atoms with E-state index in [9.17, 15) is 13.2 Å². The maximum Gasteiger partial charge on any atom is 0.180 e. The topological polar surface area (TPSA) is 26.0 Å². The molecule has 1 rings (SSSR count). The highest BCUT2D eigenvalue weighted by Gasteiger charge is 2.16. The molecule has 0 aliphatic carbocycles. The Morgan fingerprint density at radius 2 is 1.85 bits per heavy atom. The van der Waals surface area contributed by atoms with Gasteiger partial charge in [0.1, 0.15) is 10.8 Å². The van der Waals surface area contributed by atoms with Crippen molar-refractivity contribution in [2.24, 2.45) is 5.73 Å². The minimum Gasteiger partial charge on any atom is -0.330 e. The average molecular weight is 210 g/mol. The van der Waals surface area contributed by atoms with Gasteiger partial charge >= 0.3 is 0 Å². The third-order valence-electron chi connectivity index (χ3n) is 1.59. The van der Waals surface area contributed by atoms with Crippen LogP contribution in [0.15, 0.2) is 6.07 Å².